The van der Waals surface area contributed by atoms with Crippen molar-refractivity contribution in [2.24, 2.45) is 5.92 Å². The van der Waals surface area contributed by atoms with E-state index in [0.29, 0.717) is 25.3 Å². The van der Waals surface area contributed by atoms with Crippen molar-refractivity contribution in [2.45, 2.75) is 63.9 Å². The fourth-order valence-corrected chi connectivity index (χ4v) is 4.11. The second-order valence-electron chi connectivity index (χ2n) is 8.00. The van der Waals surface area contributed by atoms with Crippen LogP contribution in [0.3, 0.4) is 0 Å². The van der Waals surface area contributed by atoms with Crippen LogP contribution in [0.1, 0.15) is 61.9 Å². The molecule has 1 aliphatic carbocycles. The Balaban J connectivity index is 1.95. The molecule has 160 valence electrons. The molecular weight excluding hydrogens is 385 g/mol. The molecule has 1 unspecified atom stereocenters. The van der Waals surface area contributed by atoms with Gasteiger partial charge in [0.25, 0.3) is 5.91 Å². The molecule has 2 aliphatic rings. The summed E-state index contributed by atoms with van der Waals surface area (Å²) >= 11 is 0. The van der Waals surface area contributed by atoms with Gasteiger partial charge in [0.2, 0.25) is 5.91 Å². The van der Waals surface area contributed by atoms with Gasteiger partial charge in [0, 0.05) is 12.1 Å². The summed E-state index contributed by atoms with van der Waals surface area (Å²) in [6, 6.07) is 3.50. The molecule has 0 bridgehead atoms. The first-order chi connectivity index (χ1) is 13.7. The molecule has 1 saturated carbocycles. The maximum absolute atomic E-state index is 13.4. The molecule has 1 saturated heterocycles. The van der Waals surface area contributed by atoms with E-state index >= 15 is 0 Å². The third-order valence-electron chi connectivity index (χ3n) is 5.82. The summed E-state index contributed by atoms with van der Waals surface area (Å²) in [6.07, 6.45) is -1.02. The van der Waals surface area contributed by atoms with Gasteiger partial charge >= 0.3 is 6.18 Å². The third-order valence-corrected chi connectivity index (χ3v) is 5.82. The monoisotopic (exact) mass is 412 g/mol. The Kier molecular flexibility index (Phi) is 6.22. The number of ether oxygens (including phenoxy) is 1. The topological polar surface area (TPSA) is 58.6 Å². The predicted octanol–water partition coefficient (Wildman–Crippen LogP) is 3.98. The lowest BCUT2D eigenvalue weighted by atomic mass is 9.83. The van der Waals surface area contributed by atoms with Crippen molar-refractivity contribution >= 4 is 11.8 Å². The molecule has 29 heavy (non-hydrogen) atoms. The predicted molar refractivity (Wildman–Crippen MR) is 101 cm³/mol. The number of hydrogen-bond acceptors (Lipinski definition) is 3. The van der Waals surface area contributed by atoms with E-state index in [9.17, 15) is 22.8 Å². The molecule has 2 fully saturated rings. The smallest absolute Gasteiger partial charge is 0.354 e. The fraction of sp³-hybridized carbons (Fsp3) is 0.619. The van der Waals surface area contributed by atoms with Crippen LogP contribution in [-0.4, -0.2) is 41.6 Å². The summed E-state index contributed by atoms with van der Waals surface area (Å²) in [7, 11) is 0. The van der Waals surface area contributed by atoms with Crippen LogP contribution in [-0.2, 0) is 15.7 Å². The molecule has 1 aliphatic heterocycles. The summed E-state index contributed by atoms with van der Waals surface area (Å²) in [5.74, 6) is -0.454. The zero-order valence-corrected chi connectivity index (χ0v) is 16.7. The van der Waals surface area contributed by atoms with Crippen LogP contribution >= 0.6 is 0 Å². The molecule has 1 atom stereocenters. The summed E-state index contributed by atoms with van der Waals surface area (Å²) < 4.78 is 45.4. The first-order valence-corrected chi connectivity index (χ1v) is 10.1. The number of hydrogen-bond donors (Lipinski definition) is 1. The molecule has 1 spiro atoms. The van der Waals surface area contributed by atoms with Crippen LogP contribution in [0.15, 0.2) is 24.3 Å². The van der Waals surface area contributed by atoms with Gasteiger partial charge < -0.3 is 10.1 Å². The lowest BCUT2D eigenvalue weighted by Gasteiger charge is -2.43. The van der Waals surface area contributed by atoms with Gasteiger partial charge in [0.05, 0.1) is 12.2 Å². The first-order valence-electron chi connectivity index (χ1n) is 10.1. The van der Waals surface area contributed by atoms with Crippen molar-refractivity contribution in [3.8, 4) is 0 Å². The van der Waals surface area contributed by atoms with Gasteiger partial charge in [-0.15, -0.1) is 0 Å². The van der Waals surface area contributed by atoms with Gasteiger partial charge in [-0.05, 0) is 56.2 Å². The molecular formula is C21H27F3N2O3. The molecule has 8 heteroatoms. The van der Waals surface area contributed by atoms with Gasteiger partial charge in [-0.2, -0.15) is 13.2 Å². The van der Waals surface area contributed by atoms with Crippen LogP contribution in [0.25, 0.3) is 0 Å². The van der Waals surface area contributed by atoms with Gasteiger partial charge in [-0.1, -0.05) is 19.9 Å². The number of halogens is 3. The van der Waals surface area contributed by atoms with Gasteiger partial charge in [-0.25, -0.2) is 0 Å². The van der Waals surface area contributed by atoms with E-state index in [1.807, 2.05) is 6.92 Å². The fourth-order valence-electron chi connectivity index (χ4n) is 4.11. The maximum atomic E-state index is 13.4. The van der Waals surface area contributed by atoms with Crippen LogP contribution in [0.2, 0.25) is 0 Å². The van der Waals surface area contributed by atoms with E-state index in [2.05, 4.69) is 12.2 Å². The minimum absolute atomic E-state index is 0.0502. The quantitative estimate of drug-likeness (QED) is 0.814. The molecule has 2 amide bonds. The highest BCUT2D eigenvalue weighted by Gasteiger charge is 2.53. The van der Waals surface area contributed by atoms with E-state index < -0.39 is 29.4 Å². The SMILES string of the molecule is CCCNC(=O)C1COC2(CCC(C)CC2)N1C(=O)c1cccc(C(F)(F)F)c1. The first kappa shape index (κ1) is 21.6. The Labute approximate surface area is 168 Å². The van der Waals surface area contributed by atoms with E-state index in [1.165, 1.54) is 17.0 Å². The van der Waals surface area contributed by atoms with Crippen molar-refractivity contribution in [3.05, 3.63) is 35.4 Å². The number of benzene rings is 1. The molecule has 3 rings (SSSR count). The van der Waals surface area contributed by atoms with Gasteiger partial charge in [-0.3, -0.25) is 14.5 Å². The Hall–Kier alpha value is -2.09. The van der Waals surface area contributed by atoms with E-state index in [1.54, 1.807) is 0 Å². The molecule has 5 nitrogen and oxygen atoms in total. The number of amides is 2. The van der Waals surface area contributed by atoms with Gasteiger partial charge in [0.15, 0.2) is 0 Å². The van der Waals surface area contributed by atoms with Crippen LogP contribution < -0.4 is 5.32 Å². The van der Waals surface area contributed by atoms with Crippen molar-refractivity contribution < 1.29 is 27.5 Å². The Morgan fingerprint density at radius 1 is 1.28 bits per heavy atom. The molecule has 1 aromatic rings. The largest absolute Gasteiger partial charge is 0.416 e. The van der Waals surface area contributed by atoms with E-state index in [-0.39, 0.29) is 18.1 Å². The summed E-state index contributed by atoms with van der Waals surface area (Å²) in [4.78, 5) is 27.5. The van der Waals surface area contributed by atoms with Gasteiger partial charge in [0.1, 0.15) is 11.8 Å². The molecule has 1 aromatic carbocycles. The zero-order chi connectivity index (χ0) is 21.2. The van der Waals surface area contributed by atoms with Crippen molar-refractivity contribution in [2.75, 3.05) is 13.2 Å². The van der Waals surface area contributed by atoms with Crippen molar-refractivity contribution in [1.82, 2.24) is 10.2 Å². The standard InChI is InChI=1S/C21H27F3N2O3/c1-3-11-25-18(27)17-13-29-20(9-7-14(2)8-10-20)26(17)19(28)15-5-4-6-16(12-15)21(22,23)24/h4-6,12,14,17H,3,7-11,13H2,1-2H3,(H,25,27). The average molecular weight is 412 g/mol. The molecule has 0 aromatic heterocycles. The van der Waals surface area contributed by atoms with Crippen LogP contribution in [0, 0.1) is 5.92 Å². The highest BCUT2D eigenvalue weighted by molar-refractivity contribution is 5.98. The second kappa shape index (κ2) is 8.34. The minimum atomic E-state index is -4.55. The van der Waals surface area contributed by atoms with Crippen molar-refractivity contribution in [1.29, 1.82) is 0 Å². The number of carbonyl (C=O) groups excluding carboxylic acids is 2. The number of nitrogens with zero attached hydrogens (tertiary/aromatic N) is 1. The number of carbonyl (C=O) groups is 2. The lowest BCUT2D eigenvalue weighted by molar-refractivity contribution is -0.137. The zero-order valence-electron chi connectivity index (χ0n) is 16.7. The van der Waals surface area contributed by atoms with E-state index in [0.717, 1.165) is 31.4 Å². The Morgan fingerprint density at radius 2 is 1.97 bits per heavy atom. The summed E-state index contributed by atoms with van der Waals surface area (Å²) in [5, 5.41) is 2.78. The highest BCUT2D eigenvalue weighted by Crippen LogP contribution is 2.43. The Morgan fingerprint density at radius 3 is 2.59 bits per heavy atom. The molecule has 0 radical (unpaired) electrons. The summed E-state index contributed by atoms with van der Waals surface area (Å²) in [5.41, 5.74) is -1.91. The highest BCUT2D eigenvalue weighted by atomic mass is 19.4. The average Bonchev–Trinajstić information content (AvgIpc) is 3.06. The Bertz CT molecular complexity index is 758. The number of alkyl halides is 3. The molecule has 1 N–H and O–H groups in total. The van der Waals surface area contributed by atoms with Crippen LogP contribution in [0.5, 0.6) is 0 Å². The lowest BCUT2D eigenvalue weighted by Crippen LogP contribution is -2.56. The number of nitrogens with one attached hydrogen (secondary N) is 1. The summed E-state index contributed by atoms with van der Waals surface area (Å²) in [6.45, 7) is 4.55. The maximum Gasteiger partial charge on any atom is 0.416 e. The number of rotatable bonds is 4. The normalized spacial score (nSPS) is 27.3. The minimum Gasteiger partial charge on any atom is -0.354 e. The van der Waals surface area contributed by atoms with Crippen LogP contribution in [0.4, 0.5) is 13.2 Å². The molecule has 1 heterocycles. The van der Waals surface area contributed by atoms with Crippen molar-refractivity contribution in [3.63, 3.8) is 0 Å². The third kappa shape index (κ3) is 4.42. The second-order valence-corrected chi connectivity index (χ2v) is 8.00. The van der Waals surface area contributed by atoms with E-state index in [4.69, 9.17) is 4.74 Å².